The number of ether oxygens (including phenoxy) is 2. The van der Waals surface area contributed by atoms with Gasteiger partial charge in [0.1, 0.15) is 12.2 Å². The molecule has 0 saturated heterocycles. The first-order valence-electron chi connectivity index (χ1n) is 10.2. The van der Waals surface area contributed by atoms with E-state index in [1.807, 2.05) is 0 Å². The highest BCUT2D eigenvalue weighted by atomic mass is 16.5. The van der Waals surface area contributed by atoms with Crippen molar-refractivity contribution < 1.29 is 23.9 Å². The molecule has 2 rings (SSSR count). The molecular weight excluding hydrogens is 388 g/mol. The second kappa shape index (κ2) is 13.3. The van der Waals surface area contributed by atoms with Crippen LogP contribution in [0.3, 0.4) is 0 Å². The molecule has 9 heteroatoms. The van der Waals surface area contributed by atoms with Crippen molar-refractivity contribution in [2.24, 2.45) is 5.10 Å². The molecule has 1 aliphatic rings. The molecule has 0 atom stereocenters. The number of nitrogens with zero attached hydrogens (tertiary/aromatic N) is 1. The zero-order valence-corrected chi connectivity index (χ0v) is 17.3. The molecule has 0 radical (unpaired) electrons. The minimum Gasteiger partial charge on any atom is -0.484 e. The van der Waals surface area contributed by atoms with Gasteiger partial charge >= 0.3 is 0 Å². The molecule has 0 heterocycles. The Bertz CT molecular complexity index is 715. The van der Waals surface area contributed by atoms with Gasteiger partial charge in [0.25, 0.3) is 5.91 Å². The molecule has 0 unspecified atom stereocenters. The van der Waals surface area contributed by atoms with Crippen LogP contribution in [0.5, 0.6) is 5.75 Å². The summed E-state index contributed by atoms with van der Waals surface area (Å²) < 4.78 is 10.3. The Morgan fingerprint density at radius 3 is 2.50 bits per heavy atom. The average molecular weight is 418 g/mol. The van der Waals surface area contributed by atoms with Crippen molar-refractivity contribution in [2.75, 3.05) is 26.9 Å². The molecule has 0 spiro atoms. The molecule has 0 bridgehead atoms. The molecule has 1 fully saturated rings. The van der Waals surface area contributed by atoms with Crippen LogP contribution < -0.4 is 20.8 Å². The van der Waals surface area contributed by atoms with Gasteiger partial charge in [0.05, 0.1) is 12.8 Å². The SMILES string of the molecule is COCCNC(=O)CC(=O)N/N=C/c1ccc(OCC(=O)NC2CCCCC2)cc1. The van der Waals surface area contributed by atoms with Gasteiger partial charge in [-0.2, -0.15) is 5.10 Å². The van der Waals surface area contributed by atoms with E-state index in [1.54, 1.807) is 24.3 Å². The van der Waals surface area contributed by atoms with E-state index >= 15 is 0 Å². The monoisotopic (exact) mass is 418 g/mol. The smallest absolute Gasteiger partial charge is 0.258 e. The van der Waals surface area contributed by atoms with Gasteiger partial charge in [0, 0.05) is 19.7 Å². The second-order valence-corrected chi connectivity index (χ2v) is 7.07. The zero-order valence-electron chi connectivity index (χ0n) is 17.3. The van der Waals surface area contributed by atoms with E-state index in [0.29, 0.717) is 18.9 Å². The summed E-state index contributed by atoms with van der Waals surface area (Å²) in [5, 5.41) is 9.38. The van der Waals surface area contributed by atoms with Gasteiger partial charge in [0.15, 0.2) is 6.61 Å². The van der Waals surface area contributed by atoms with Gasteiger partial charge in [-0.15, -0.1) is 0 Å². The maximum absolute atomic E-state index is 12.0. The third-order valence-electron chi connectivity index (χ3n) is 4.57. The molecule has 164 valence electrons. The van der Waals surface area contributed by atoms with Crippen molar-refractivity contribution in [1.82, 2.24) is 16.1 Å². The number of methoxy groups -OCH3 is 1. The average Bonchev–Trinajstić information content (AvgIpc) is 2.74. The van der Waals surface area contributed by atoms with E-state index in [0.717, 1.165) is 31.2 Å². The molecule has 30 heavy (non-hydrogen) atoms. The summed E-state index contributed by atoms with van der Waals surface area (Å²) in [6, 6.07) is 7.21. The van der Waals surface area contributed by atoms with Crippen molar-refractivity contribution in [3.8, 4) is 5.75 Å². The van der Waals surface area contributed by atoms with Gasteiger partial charge in [-0.1, -0.05) is 19.3 Å². The fourth-order valence-corrected chi connectivity index (χ4v) is 3.03. The summed E-state index contributed by atoms with van der Waals surface area (Å²) in [6.45, 7) is 0.714. The highest BCUT2D eigenvalue weighted by molar-refractivity contribution is 5.97. The van der Waals surface area contributed by atoms with E-state index in [1.165, 1.54) is 19.7 Å². The van der Waals surface area contributed by atoms with E-state index in [4.69, 9.17) is 9.47 Å². The predicted molar refractivity (Wildman–Crippen MR) is 112 cm³/mol. The third kappa shape index (κ3) is 9.51. The first kappa shape index (κ1) is 23.3. The maximum Gasteiger partial charge on any atom is 0.258 e. The Morgan fingerprint density at radius 1 is 1.07 bits per heavy atom. The molecule has 9 nitrogen and oxygen atoms in total. The van der Waals surface area contributed by atoms with E-state index in [-0.39, 0.29) is 25.0 Å². The van der Waals surface area contributed by atoms with Gasteiger partial charge in [0.2, 0.25) is 11.8 Å². The number of hydrogen-bond acceptors (Lipinski definition) is 6. The summed E-state index contributed by atoms with van der Waals surface area (Å²) in [6.07, 6.45) is 6.79. The van der Waals surface area contributed by atoms with Crippen LogP contribution in [-0.4, -0.2) is 56.8 Å². The van der Waals surface area contributed by atoms with Gasteiger partial charge in [-0.25, -0.2) is 5.43 Å². The number of amides is 3. The summed E-state index contributed by atoms with van der Waals surface area (Å²) in [4.78, 5) is 35.1. The molecule has 1 aromatic carbocycles. The fourth-order valence-electron chi connectivity index (χ4n) is 3.03. The quantitative estimate of drug-likeness (QED) is 0.215. The van der Waals surface area contributed by atoms with Crippen molar-refractivity contribution >= 4 is 23.9 Å². The number of rotatable bonds is 11. The Hall–Kier alpha value is -2.94. The molecule has 3 amide bonds. The number of carbonyl (C=O) groups is 3. The van der Waals surface area contributed by atoms with Crippen LogP contribution in [0, 0.1) is 0 Å². The highest BCUT2D eigenvalue weighted by Gasteiger charge is 2.15. The number of benzene rings is 1. The fraction of sp³-hybridized carbons (Fsp3) is 0.524. The lowest BCUT2D eigenvalue weighted by Crippen LogP contribution is -2.38. The minimum atomic E-state index is -0.509. The lowest BCUT2D eigenvalue weighted by Gasteiger charge is -2.22. The topological polar surface area (TPSA) is 118 Å². The van der Waals surface area contributed by atoms with Crippen molar-refractivity contribution in [3.63, 3.8) is 0 Å². The molecule has 1 aromatic rings. The first-order chi connectivity index (χ1) is 14.6. The number of hydrazone groups is 1. The Kier molecular flexibility index (Phi) is 10.4. The van der Waals surface area contributed by atoms with Gasteiger partial charge in [-0.3, -0.25) is 14.4 Å². The maximum atomic E-state index is 12.0. The Labute approximate surface area is 176 Å². The van der Waals surface area contributed by atoms with Crippen LogP contribution in [0.1, 0.15) is 44.1 Å². The summed E-state index contributed by atoms with van der Waals surface area (Å²) >= 11 is 0. The molecule has 3 N–H and O–H groups in total. The minimum absolute atomic E-state index is 0.0214. The molecule has 0 aliphatic heterocycles. The van der Waals surface area contributed by atoms with Gasteiger partial charge < -0.3 is 20.1 Å². The van der Waals surface area contributed by atoms with Crippen molar-refractivity contribution in [3.05, 3.63) is 29.8 Å². The predicted octanol–water partition coefficient (Wildman–Crippen LogP) is 1.12. The number of nitrogens with one attached hydrogen (secondary N) is 3. The highest BCUT2D eigenvalue weighted by Crippen LogP contribution is 2.17. The van der Waals surface area contributed by atoms with Crippen LogP contribution in [0.25, 0.3) is 0 Å². The number of hydrogen-bond donors (Lipinski definition) is 3. The van der Waals surface area contributed by atoms with E-state index in [9.17, 15) is 14.4 Å². The van der Waals surface area contributed by atoms with Crippen LogP contribution in [0.4, 0.5) is 0 Å². The summed E-state index contributed by atoms with van der Waals surface area (Å²) in [7, 11) is 1.53. The van der Waals surface area contributed by atoms with E-state index < -0.39 is 11.8 Å². The largest absolute Gasteiger partial charge is 0.484 e. The molecule has 0 aromatic heterocycles. The Morgan fingerprint density at radius 2 is 1.80 bits per heavy atom. The van der Waals surface area contributed by atoms with Crippen LogP contribution in [0.15, 0.2) is 29.4 Å². The number of carbonyl (C=O) groups excluding carboxylic acids is 3. The third-order valence-corrected chi connectivity index (χ3v) is 4.57. The Balaban J connectivity index is 1.66. The van der Waals surface area contributed by atoms with Crippen molar-refractivity contribution in [1.29, 1.82) is 0 Å². The van der Waals surface area contributed by atoms with Crippen LogP contribution in [-0.2, 0) is 19.1 Å². The van der Waals surface area contributed by atoms with Crippen LogP contribution >= 0.6 is 0 Å². The normalized spacial score (nSPS) is 14.3. The lowest BCUT2D eigenvalue weighted by atomic mass is 9.95. The summed E-state index contributed by atoms with van der Waals surface area (Å²) in [5.41, 5.74) is 3.04. The molecule has 1 aliphatic carbocycles. The summed E-state index contributed by atoms with van der Waals surface area (Å²) in [5.74, 6) is -0.442. The van der Waals surface area contributed by atoms with Crippen molar-refractivity contribution in [2.45, 2.75) is 44.6 Å². The van der Waals surface area contributed by atoms with E-state index in [2.05, 4.69) is 21.2 Å². The second-order valence-electron chi connectivity index (χ2n) is 7.07. The molecule has 1 saturated carbocycles. The lowest BCUT2D eigenvalue weighted by molar-refractivity contribution is -0.129. The zero-order chi connectivity index (χ0) is 21.6. The van der Waals surface area contributed by atoms with Crippen LogP contribution in [0.2, 0.25) is 0 Å². The standard InChI is InChI=1S/C21H30N4O5/c1-29-12-11-22-19(26)13-20(27)25-23-14-16-7-9-18(10-8-16)30-15-21(28)24-17-5-3-2-4-6-17/h7-10,14,17H,2-6,11-13,15H2,1H3,(H,22,26)(H,24,28)(H,25,27)/b23-14+. The molecular formula is C21H30N4O5. The first-order valence-corrected chi connectivity index (χ1v) is 10.2. The van der Waals surface area contributed by atoms with Gasteiger partial charge in [-0.05, 0) is 42.7 Å².